The van der Waals surface area contributed by atoms with Crippen LogP contribution in [0.2, 0.25) is 0 Å². The van der Waals surface area contributed by atoms with E-state index in [9.17, 15) is 8.42 Å². The fourth-order valence-corrected chi connectivity index (χ4v) is 3.47. The molecule has 0 saturated carbocycles. The van der Waals surface area contributed by atoms with Crippen LogP contribution in [0, 0.1) is 5.92 Å². The van der Waals surface area contributed by atoms with E-state index in [0.29, 0.717) is 32.7 Å². The number of ether oxygens (including phenoxy) is 1. The van der Waals surface area contributed by atoms with E-state index in [4.69, 9.17) is 9.84 Å². The SMILES string of the molecule is CCCOCCCNS(=O)(=O)N1CCCC(CO)C1. The van der Waals surface area contributed by atoms with Crippen molar-refractivity contribution in [1.82, 2.24) is 9.03 Å². The summed E-state index contributed by atoms with van der Waals surface area (Å²) in [6, 6.07) is 0. The van der Waals surface area contributed by atoms with Gasteiger partial charge >= 0.3 is 0 Å². The van der Waals surface area contributed by atoms with Crippen LogP contribution in [0.25, 0.3) is 0 Å². The topological polar surface area (TPSA) is 78.9 Å². The molecular formula is C12H26N2O4S. The highest BCUT2D eigenvalue weighted by Crippen LogP contribution is 2.17. The second-order valence-electron chi connectivity index (χ2n) is 4.91. The molecule has 1 aliphatic heterocycles. The Kier molecular flexibility index (Phi) is 7.86. The van der Waals surface area contributed by atoms with E-state index in [2.05, 4.69) is 4.72 Å². The number of nitrogens with zero attached hydrogens (tertiary/aromatic N) is 1. The zero-order valence-corrected chi connectivity index (χ0v) is 12.5. The summed E-state index contributed by atoms with van der Waals surface area (Å²) >= 11 is 0. The largest absolute Gasteiger partial charge is 0.396 e. The minimum Gasteiger partial charge on any atom is -0.396 e. The molecule has 19 heavy (non-hydrogen) atoms. The van der Waals surface area contributed by atoms with Gasteiger partial charge in [-0.3, -0.25) is 0 Å². The smallest absolute Gasteiger partial charge is 0.279 e. The first-order valence-corrected chi connectivity index (χ1v) is 8.47. The molecule has 1 heterocycles. The minimum atomic E-state index is -3.40. The van der Waals surface area contributed by atoms with Gasteiger partial charge < -0.3 is 9.84 Å². The van der Waals surface area contributed by atoms with E-state index in [0.717, 1.165) is 25.9 Å². The maximum Gasteiger partial charge on any atom is 0.279 e. The summed E-state index contributed by atoms with van der Waals surface area (Å²) in [4.78, 5) is 0. The van der Waals surface area contributed by atoms with Crippen molar-refractivity contribution in [1.29, 1.82) is 0 Å². The predicted molar refractivity (Wildman–Crippen MR) is 74.0 cm³/mol. The second kappa shape index (κ2) is 8.86. The van der Waals surface area contributed by atoms with E-state index < -0.39 is 10.2 Å². The zero-order valence-electron chi connectivity index (χ0n) is 11.7. The van der Waals surface area contributed by atoms with Crippen LogP contribution in [-0.4, -0.2) is 57.3 Å². The van der Waals surface area contributed by atoms with Gasteiger partial charge in [0.2, 0.25) is 0 Å². The third-order valence-electron chi connectivity index (χ3n) is 3.18. The van der Waals surface area contributed by atoms with Gasteiger partial charge in [0.25, 0.3) is 10.2 Å². The molecule has 0 spiro atoms. The van der Waals surface area contributed by atoms with Crippen molar-refractivity contribution < 1.29 is 18.3 Å². The summed E-state index contributed by atoms with van der Waals surface area (Å²) < 4.78 is 33.4. The molecule has 1 saturated heterocycles. The molecule has 0 amide bonds. The van der Waals surface area contributed by atoms with Crippen molar-refractivity contribution in [3.05, 3.63) is 0 Å². The van der Waals surface area contributed by atoms with Crippen LogP contribution in [-0.2, 0) is 14.9 Å². The Morgan fingerprint density at radius 2 is 2.21 bits per heavy atom. The molecule has 114 valence electrons. The zero-order chi connectivity index (χ0) is 14.1. The summed E-state index contributed by atoms with van der Waals surface area (Å²) in [5.41, 5.74) is 0. The lowest BCUT2D eigenvalue weighted by Gasteiger charge is -2.30. The highest BCUT2D eigenvalue weighted by Gasteiger charge is 2.27. The Morgan fingerprint density at radius 3 is 2.89 bits per heavy atom. The average Bonchev–Trinajstić information content (AvgIpc) is 2.43. The molecule has 7 heteroatoms. The molecule has 1 rings (SSSR count). The summed E-state index contributed by atoms with van der Waals surface area (Å²) in [6.07, 6.45) is 3.36. The predicted octanol–water partition coefficient (Wildman–Crippen LogP) is 0.342. The molecule has 0 aromatic rings. The van der Waals surface area contributed by atoms with Crippen LogP contribution in [0.4, 0.5) is 0 Å². The number of aliphatic hydroxyl groups is 1. The van der Waals surface area contributed by atoms with Gasteiger partial charge in [0.15, 0.2) is 0 Å². The van der Waals surface area contributed by atoms with Gasteiger partial charge in [-0.15, -0.1) is 0 Å². The molecule has 0 bridgehead atoms. The van der Waals surface area contributed by atoms with Gasteiger partial charge in [-0.25, -0.2) is 4.72 Å². The van der Waals surface area contributed by atoms with Gasteiger partial charge in [-0.05, 0) is 31.6 Å². The fourth-order valence-electron chi connectivity index (χ4n) is 2.11. The van der Waals surface area contributed by atoms with Gasteiger partial charge in [0, 0.05) is 39.5 Å². The van der Waals surface area contributed by atoms with Crippen LogP contribution < -0.4 is 4.72 Å². The second-order valence-corrected chi connectivity index (χ2v) is 6.67. The van der Waals surface area contributed by atoms with Crippen molar-refractivity contribution in [3.63, 3.8) is 0 Å². The van der Waals surface area contributed by atoms with Crippen LogP contribution in [0.15, 0.2) is 0 Å². The number of hydrogen-bond donors (Lipinski definition) is 2. The summed E-state index contributed by atoms with van der Waals surface area (Å²) in [5.74, 6) is 0.0678. The molecule has 1 aliphatic rings. The quantitative estimate of drug-likeness (QED) is 0.601. The number of nitrogens with one attached hydrogen (secondary N) is 1. The molecule has 0 aromatic carbocycles. The lowest BCUT2D eigenvalue weighted by molar-refractivity contribution is 0.133. The fraction of sp³-hybridized carbons (Fsp3) is 1.00. The van der Waals surface area contributed by atoms with Crippen LogP contribution >= 0.6 is 0 Å². The highest BCUT2D eigenvalue weighted by atomic mass is 32.2. The van der Waals surface area contributed by atoms with Gasteiger partial charge in [0.05, 0.1) is 0 Å². The molecule has 0 aliphatic carbocycles. The standard InChI is InChI=1S/C12H26N2O4S/c1-2-8-18-9-4-6-13-19(16,17)14-7-3-5-12(10-14)11-15/h12-13,15H,2-11H2,1H3. The van der Waals surface area contributed by atoms with Crippen molar-refractivity contribution in [2.24, 2.45) is 5.92 Å². The van der Waals surface area contributed by atoms with E-state index in [1.54, 1.807) is 0 Å². The Labute approximate surface area is 116 Å². The summed E-state index contributed by atoms with van der Waals surface area (Å²) in [5, 5.41) is 9.11. The molecule has 1 unspecified atom stereocenters. The maximum absolute atomic E-state index is 12.0. The van der Waals surface area contributed by atoms with Crippen LogP contribution in [0.3, 0.4) is 0 Å². The first-order valence-electron chi connectivity index (χ1n) is 7.03. The third-order valence-corrected chi connectivity index (χ3v) is 4.76. The molecule has 1 atom stereocenters. The van der Waals surface area contributed by atoms with Gasteiger partial charge in [0.1, 0.15) is 0 Å². The van der Waals surface area contributed by atoms with Crippen molar-refractivity contribution in [2.45, 2.75) is 32.6 Å². The molecule has 1 fully saturated rings. The minimum absolute atomic E-state index is 0.0525. The first kappa shape index (κ1) is 16.8. The normalized spacial score (nSPS) is 21.7. The van der Waals surface area contributed by atoms with E-state index in [1.165, 1.54) is 4.31 Å². The summed E-state index contributed by atoms with van der Waals surface area (Å²) in [7, 11) is -3.40. The van der Waals surface area contributed by atoms with Crippen molar-refractivity contribution in [3.8, 4) is 0 Å². The molecule has 2 N–H and O–H groups in total. The Hall–Kier alpha value is -0.210. The number of rotatable bonds is 9. The average molecular weight is 294 g/mol. The van der Waals surface area contributed by atoms with Gasteiger partial charge in [-0.2, -0.15) is 12.7 Å². The first-order chi connectivity index (χ1) is 9.10. The van der Waals surface area contributed by atoms with Crippen LogP contribution in [0.5, 0.6) is 0 Å². The monoisotopic (exact) mass is 294 g/mol. The third kappa shape index (κ3) is 6.18. The Morgan fingerprint density at radius 1 is 1.42 bits per heavy atom. The Balaban J connectivity index is 2.26. The van der Waals surface area contributed by atoms with Crippen molar-refractivity contribution >= 4 is 10.2 Å². The molecule has 6 nitrogen and oxygen atoms in total. The molecular weight excluding hydrogens is 268 g/mol. The lowest BCUT2D eigenvalue weighted by atomic mass is 10.0. The Bertz CT molecular complexity index is 335. The number of hydrogen-bond acceptors (Lipinski definition) is 4. The van der Waals surface area contributed by atoms with Gasteiger partial charge in [-0.1, -0.05) is 6.92 Å². The number of aliphatic hydroxyl groups excluding tert-OH is 1. The van der Waals surface area contributed by atoms with E-state index >= 15 is 0 Å². The summed E-state index contributed by atoms with van der Waals surface area (Å²) in [6.45, 7) is 4.74. The van der Waals surface area contributed by atoms with E-state index in [-0.39, 0.29) is 12.5 Å². The van der Waals surface area contributed by atoms with E-state index in [1.807, 2.05) is 6.92 Å². The molecule has 0 aromatic heterocycles. The van der Waals surface area contributed by atoms with Crippen LogP contribution in [0.1, 0.15) is 32.6 Å². The highest BCUT2D eigenvalue weighted by molar-refractivity contribution is 7.87. The maximum atomic E-state index is 12.0. The number of piperidine rings is 1. The molecule has 0 radical (unpaired) electrons. The lowest BCUT2D eigenvalue weighted by Crippen LogP contribution is -2.46. The van der Waals surface area contributed by atoms with Crippen molar-refractivity contribution in [2.75, 3.05) is 39.5 Å².